The first-order valence-electron chi connectivity index (χ1n) is 3.76. The topological polar surface area (TPSA) is 41.5 Å². The third-order valence-electron chi connectivity index (χ3n) is 1.38. The molecule has 5 heteroatoms. The highest BCUT2D eigenvalue weighted by molar-refractivity contribution is 8.39. The van der Waals surface area contributed by atoms with Crippen molar-refractivity contribution >= 4 is 33.8 Å². The van der Waals surface area contributed by atoms with Crippen LogP contribution in [0.3, 0.4) is 0 Å². The van der Waals surface area contributed by atoms with E-state index < -0.39 is 0 Å². The Bertz CT molecular complexity index is 206. The quantitative estimate of drug-likeness (QED) is 0.728. The largest absolute Gasteiger partial charge is 0.358 e. The number of nitrogens with one attached hydrogen (secondary N) is 1. The first kappa shape index (κ1) is 9.92. The fourth-order valence-electron chi connectivity index (χ4n) is 0.725. The molecule has 0 aromatic heterocycles. The van der Waals surface area contributed by atoms with E-state index >= 15 is 0 Å². The van der Waals surface area contributed by atoms with Gasteiger partial charge >= 0.3 is 0 Å². The van der Waals surface area contributed by atoms with Crippen LogP contribution in [0.5, 0.6) is 0 Å². The summed E-state index contributed by atoms with van der Waals surface area (Å²) in [5.41, 5.74) is 0. The molecule has 1 N–H and O–H groups in total. The Kier molecular flexibility index (Phi) is 3.94. The first-order valence-corrected chi connectivity index (χ1v) is 5.73. The van der Waals surface area contributed by atoms with Crippen molar-refractivity contribution in [1.82, 2.24) is 5.32 Å². The molecule has 0 fully saturated rings. The van der Waals surface area contributed by atoms with E-state index in [1.807, 2.05) is 0 Å². The number of rotatable bonds is 2. The lowest BCUT2D eigenvalue weighted by atomic mass is 10.4. The molecule has 0 aromatic rings. The van der Waals surface area contributed by atoms with Gasteiger partial charge in [0.1, 0.15) is 4.38 Å². The fourth-order valence-corrected chi connectivity index (χ4v) is 2.81. The number of carbonyl (C=O) groups excluding carboxylic acids is 1. The van der Waals surface area contributed by atoms with Crippen LogP contribution >= 0.6 is 23.5 Å². The summed E-state index contributed by atoms with van der Waals surface area (Å²) in [7, 11) is 1.65. The average Bonchev–Trinajstić information content (AvgIpc) is 2.47. The molecule has 1 atom stereocenters. The second kappa shape index (κ2) is 4.77. The van der Waals surface area contributed by atoms with E-state index in [1.54, 1.807) is 18.8 Å². The maximum atomic E-state index is 10.9. The van der Waals surface area contributed by atoms with Gasteiger partial charge in [-0.15, -0.1) is 0 Å². The Morgan fingerprint density at radius 3 is 3.17 bits per heavy atom. The summed E-state index contributed by atoms with van der Waals surface area (Å²) in [6, 6.07) is 0.419. The monoisotopic (exact) mass is 204 g/mol. The summed E-state index contributed by atoms with van der Waals surface area (Å²) >= 11 is 3.26. The summed E-state index contributed by atoms with van der Waals surface area (Å²) in [5, 5.41) is 2.58. The molecule has 1 heterocycles. The van der Waals surface area contributed by atoms with E-state index in [0.717, 1.165) is 10.1 Å². The first-order chi connectivity index (χ1) is 5.72. The van der Waals surface area contributed by atoms with Gasteiger partial charge in [-0.05, 0) is 6.92 Å². The molecule has 1 amide bonds. The number of nitrogens with zero attached hydrogens (tertiary/aromatic N) is 1. The minimum Gasteiger partial charge on any atom is -0.358 e. The minimum absolute atomic E-state index is 0.0582. The SMILES string of the molecule is CNC(=O)CSC1=NC(C)CS1. The van der Waals surface area contributed by atoms with Crippen LogP contribution in [0.4, 0.5) is 0 Å². The predicted octanol–water partition coefficient (Wildman–Crippen LogP) is 0.957. The van der Waals surface area contributed by atoms with Crippen molar-refractivity contribution in [2.24, 2.45) is 4.99 Å². The Morgan fingerprint density at radius 1 is 1.92 bits per heavy atom. The van der Waals surface area contributed by atoms with Crippen LogP contribution in [-0.4, -0.2) is 34.9 Å². The van der Waals surface area contributed by atoms with Gasteiger partial charge in [-0.2, -0.15) is 0 Å². The maximum Gasteiger partial charge on any atom is 0.230 e. The lowest BCUT2D eigenvalue weighted by molar-refractivity contribution is -0.118. The molecular weight excluding hydrogens is 192 g/mol. The van der Waals surface area contributed by atoms with Crippen LogP contribution in [0, 0.1) is 0 Å². The van der Waals surface area contributed by atoms with Crippen LogP contribution in [0.25, 0.3) is 0 Å². The summed E-state index contributed by atoms with van der Waals surface area (Å²) < 4.78 is 1.05. The van der Waals surface area contributed by atoms with Crippen LogP contribution < -0.4 is 5.32 Å². The molecule has 1 aliphatic rings. The molecule has 0 aromatic carbocycles. The number of hydrogen-bond acceptors (Lipinski definition) is 4. The average molecular weight is 204 g/mol. The van der Waals surface area contributed by atoms with Crippen LogP contribution in [0.15, 0.2) is 4.99 Å². The number of amides is 1. The molecule has 3 nitrogen and oxygen atoms in total. The molecule has 0 bridgehead atoms. The zero-order chi connectivity index (χ0) is 8.97. The van der Waals surface area contributed by atoms with Gasteiger partial charge in [0.05, 0.1) is 11.8 Å². The molecule has 12 heavy (non-hydrogen) atoms. The van der Waals surface area contributed by atoms with Crippen molar-refractivity contribution in [2.45, 2.75) is 13.0 Å². The molecule has 0 radical (unpaired) electrons. The van der Waals surface area contributed by atoms with Gasteiger partial charge in [-0.25, -0.2) is 0 Å². The number of thioether (sulfide) groups is 2. The molecule has 0 saturated carbocycles. The lowest BCUT2D eigenvalue weighted by Crippen LogP contribution is -2.20. The molecule has 68 valence electrons. The fraction of sp³-hybridized carbons (Fsp3) is 0.714. The van der Waals surface area contributed by atoms with E-state index in [9.17, 15) is 4.79 Å². The van der Waals surface area contributed by atoms with Gasteiger partial charge in [-0.3, -0.25) is 9.79 Å². The van der Waals surface area contributed by atoms with Gasteiger partial charge in [0.25, 0.3) is 0 Å². The Labute approximate surface area is 80.8 Å². The van der Waals surface area contributed by atoms with Crippen molar-refractivity contribution < 1.29 is 4.79 Å². The predicted molar refractivity (Wildman–Crippen MR) is 55.9 cm³/mol. The van der Waals surface area contributed by atoms with Crippen molar-refractivity contribution in [3.05, 3.63) is 0 Å². The molecule has 0 aliphatic carbocycles. The van der Waals surface area contributed by atoms with Gasteiger partial charge in [0.2, 0.25) is 5.91 Å². The van der Waals surface area contributed by atoms with Gasteiger partial charge in [0.15, 0.2) is 0 Å². The Hall–Kier alpha value is -0.160. The second-order valence-corrected chi connectivity index (χ2v) is 4.75. The van der Waals surface area contributed by atoms with E-state index in [1.165, 1.54) is 11.8 Å². The van der Waals surface area contributed by atoms with Crippen molar-refractivity contribution in [3.63, 3.8) is 0 Å². The summed E-state index contributed by atoms with van der Waals surface area (Å²) in [6.45, 7) is 2.08. The normalized spacial score (nSPS) is 22.2. The van der Waals surface area contributed by atoms with E-state index in [2.05, 4.69) is 17.2 Å². The molecule has 0 saturated heterocycles. The van der Waals surface area contributed by atoms with Crippen LogP contribution in [-0.2, 0) is 4.79 Å². The van der Waals surface area contributed by atoms with Gasteiger partial charge < -0.3 is 5.32 Å². The highest BCUT2D eigenvalue weighted by Gasteiger charge is 2.14. The van der Waals surface area contributed by atoms with Crippen molar-refractivity contribution in [2.75, 3.05) is 18.6 Å². The molecular formula is C7H12N2OS2. The summed E-state index contributed by atoms with van der Waals surface area (Å²) in [5.74, 6) is 1.59. The number of hydrogen-bond donors (Lipinski definition) is 1. The van der Waals surface area contributed by atoms with Crippen molar-refractivity contribution in [3.8, 4) is 0 Å². The van der Waals surface area contributed by atoms with Crippen LogP contribution in [0.1, 0.15) is 6.92 Å². The zero-order valence-electron chi connectivity index (χ0n) is 7.16. The zero-order valence-corrected chi connectivity index (χ0v) is 8.80. The highest BCUT2D eigenvalue weighted by Crippen LogP contribution is 2.25. The van der Waals surface area contributed by atoms with Gasteiger partial charge in [0, 0.05) is 12.8 Å². The molecule has 0 spiro atoms. The summed E-state index contributed by atoms with van der Waals surface area (Å²) in [4.78, 5) is 15.2. The second-order valence-electron chi connectivity index (χ2n) is 2.52. The van der Waals surface area contributed by atoms with Crippen molar-refractivity contribution in [1.29, 1.82) is 0 Å². The van der Waals surface area contributed by atoms with E-state index in [-0.39, 0.29) is 5.91 Å². The van der Waals surface area contributed by atoms with Crippen LogP contribution in [0.2, 0.25) is 0 Å². The highest BCUT2D eigenvalue weighted by atomic mass is 32.2. The molecule has 1 aliphatic heterocycles. The van der Waals surface area contributed by atoms with E-state index in [4.69, 9.17) is 0 Å². The summed E-state index contributed by atoms with van der Waals surface area (Å²) in [6.07, 6.45) is 0. The molecule has 1 rings (SSSR count). The standard InChI is InChI=1S/C7H12N2OS2/c1-5-3-11-7(9-5)12-4-6(10)8-2/h5H,3-4H2,1-2H3,(H,8,10). The third-order valence-corrected chi connectivity index (χ3v) is 3.85. The Morgan fingerprint density at radius 2 is 2.67 bits per heavy atom. The molecule has 1 unspecified atom stereocenters. The third kappa shape index (κ3) is 3.06. The minimum atomic E-state index is 0.0582. The lowest BCUT2D eigenvalue weighted by Gasteiger charge is -1.97. The smallest absolute Gasteiger partial charge is 0.230 e. The van der Waals surface area contributed by atoms with Gasteiger partial charge in [-0.1, -0.05) is 23.5 Å². The number of aliphatic imine (C=N–C) groups is 1. The van der Waals surface area contributed by atoms with E-state index in [0.29, 0.717) is 11.8 Å². The number of carbonyl (C=O) groups is 1. The Balaban J connectivity index is 2.24. The maximum absolute atomic E-state index is 10.9.